The van der Waals surface area contributed by atoms with Gasteiger partial charge in [-0.1, -0.05) is 17.7 Å². The SMILES string of the molecule is Cc1cc(Cl)ccc1C(O)C(F)F. The van der Waals surface area contributed by atoms with E-state index in [-0.39, 0.29) is 5.56 Å². The van der Waals surface area contributed by atoms with Crippen LogP contribution in [0.5, 0.6) is 0 Å². The van der Waals surface area contributed by atoms with Gasteiger partial charge in [0.2, 0.25) is 0 Å². The first-order valence-corrected chi connectivity index (χ1v) is 4.12. The molecule has 0 radical (unpaired) electrons. The van der Waals surface area contributed by atoms with Crippen LogP contribution >= 0.6 is 11.6 Å². The van der Waals surface area contributed by atoms with Gasteiger partial charge in [-0.15, -0.1) is 0 Å². The van der Waals surface area contributed by atoms with Gasteiger partial charge in [-0.05, 0) is 30.2 Å². The fraction of sp³-hybridized carbons (Fsp3) is 0.333. The molecule has 0 spiro atoms. The molecule has 0 saturated heterocycles. The Kier molecular flexibility index (Phi) is 3.22. The summed E-state index contributed by atoms with van der Waals surface area (Å²) in [4.78, 5) is 0. The molecular formula is C9H9ClF2O. The van der Waals surface area contributed by atoms with Gasteiger partial charge in [0, 0.05) is 5.02 Å². The van der Waals surface area contributed by atoms with Crippen LogP contribution in [0.4, 0.5) is 8.78 Å². The lowest BCUT2D eigenvalue weighted by atomic mass is 10.0. The summed E-state index contributed by atoms with van der Waals surface area (Å²) in [6, 6.07) is 4.44. The fourth-order valence-corrected chi connectivity index (χ4v) is 1.33. The summed E-state index contributed by atoms with van der Waals surface area (Å²) in [5.41, 5.74) is 0.791. The molecule has 1 aromatic rings. The van der Waals surface area contributed by atoms with Crippen molar-refractivity contribution in [1.29, 1.82) is 0 Å². The zero-order chi connectivity index (χ0) is 10.0. The number of alkyl halides is 2. The van der Waals surface area contributed by atoms with Gasteiger partial charge in [-0.3, -0.25) is 0 Å². The summed E-state index contributed by atoms with van der Waals surface area (Å²) in [6.45, 7) is 1.63. The number of aliphatic hydroxyl groups excluding tert-OH is 1. The summed E-state index contributed by atoms with van der Waals surface area (Å²) < 4.78 is 24.2. The number of hydrogen-bond donors (Lipinski definition) is 1. The highest BCUT2D eigenvalue weighted by Crippen LogP contribution is 2.25. The minimum absolute atomic E-state index is 0.222. The molecule has 1 aromatic carbocycles. The Balaban J connectivity index is 3.01. The van der Waals surface area contributed by atoms with Crippen molar-refractivity contribution in [1.82, 2.24) is 0 Å². The third kappa shape index (κ3) is 2.39. The van der Waals surface area contributed by atoms with Gasteiger partial charge < -0.3 is 5.11 Å². The number of aliphatic hydroxyl groups is 1. The Hall–Kier alpha value is -0.670. The first kappa shape index (κ1) is 10.4. The Morgan fingerprint density at radius 3 is 2.46 bits per heavy atom. The molecule has 1 N–H and O–H groups in total. The topological polar surface area (TPSA) is 20.2 Å². The number of rotatable bonds is 2. The van der Waals surface area contributed by atoms with Crippen molar-refractivity contribution >= 4 is 11.6 Å². The maximum absolute atomic E-state index is 12.1. The van der Waals surface area contributed by atoms with Gasteiger partial charge in [0.15, 0.2) is 0 Å². The quantitative estimate of drug-likeness (QED) is 0.789. The molecule has 0 aromatic heterocycles. The van der Waals surface area contributed by atoms with E-state index in [1.165, 1.54) is 12.1 Å². The third-order valence-electron chi connectivity index (χ3n) is 1.79. The van der Waals surface area contributed by atoms with Crippen LogP contribution < -0.4 is 0 Å². The summed E-state index contributed by atoms with van der Waals surface area (Å²) in [5, 5.41) is 9.55. The first-order valence-electron chi connectivity index (χ1n) is 3.74. The molecule has 0 heterocycles. The van der Waals surface area contributed by atoms with Crippen LogP contribution in [0.2, 0.25) is 5.02 Å². The molecular weight excluding hydrogens is 198 g/mol. The predicted octanol–water partition coefficient (Wildman–Crippen LogP) is 2.95. The molecule has 0 bridgehead atoms. The van der Waals surface area contributed by atoms with Gasteiger partial charge in [0.1, 0.15) is 6.10 Å². The summed E-state index contributed by atoms with van der Waals surface area (Å²) in [6.07, 6.45) is -4.49. The van der Waals surface area contributed by atoms with E-state index in [1.807, 2.05) is 0 Å². The first-order chi connectivity index (χ1) is 6.02. The highest BCUT2D eigenvalue weighted by molar-refractivity contribution is 6.30. The van der Waals surface area contributed by atoms with Crippen LogP contribution in [0, 0.1) is 6.92 Å². The van der Waals surface area contributed by atoms with E-state index in [2.05, 4.69) is 0 Å². The molecule has 13 heavy (non-hydrogen) atoms. The second-order valence-electron chi connectivity index (χ2n) is 2.78. The lowest BCUT2D eigenvalue weighted by Crippen LogP contribution is -2.09. The van der Waals surface area contributed by atoms with Crippen molar-refractivity contribution in [3.63, 3.8) is 0 Å². The van der Waals surface area contributed by atoms with E-state index in [0.717, 1.165) is 0 Å². The zero-order valence-corrected chi connectivity index (χ0v) is 7.72. The van der Waals surface area contributed by atoms with Crippen molar-refractivity contribution in [2.24, 2.45) is 0 Å². The van der Waals surface area contributed by atoms with E-state index in [4.69, 9.17) is 16.7 Å². The van der Waals surface area contributed by atoms with E-state index in [9.17, 15) is 8.78 Å². The Morgan fingerprint density at radius 2 is 2.00 bits per heavy atom. The average Bonchev–Trinajstić information content (AvgIpc) is 2.03. The second kappa shape index (κ2) is 4.03. The molecule has 1 rings (SSSR count). The Labute approximate surface area is 80.0 Å². The Morgan fingerprint density at radius 1 is 1.38 bits per heavy atom. The minimum Gasteiger partial charge on any atom is -0.382 e. The maximum atomic E-state index is 12.1. The highest BCUT2D eigenvalue weighted by Gasteiger charge is 2.20. The molecule has 1 nitrogen and oxygen atoms in total. The molecule has 4 heteroatoms. The second-order valence-corrected chi connectivity index (χ2v) is 3.22. The van der Waals surface area contributed by atoms with Crippen LogP contribution in [-0.4, -0.2) is 11.5 Å². The summed E-state index contributed by atoms with van der Waals surface area (Å²) in [7, 11) is 0. The largest absolute Gasteiger partial charge is 0.382 e. The lowest BCUT2D eigenvalue weighted by molar-refractivity contribution is -0.00612. The van der Waals surface area contributed by atoms with Gasteiger partial charge in [-0.25, -0.2) is 8.78 Å². The van der Waals surface area contributed by atoms with Crippen LogP contribution in [-0.2, 0) is 0 Å². The number of halogens is 3. The fourth-order valence-electron chi connectivity index (χ4n) is 1.11. The van der Waals surface area contributed by atoms with E-state index < -0.39 is 12.5 Å². The monoisotopic (exact) mass is 206 g/mol. The average molecular weight is 207 g/mol. The molecule has 72 valence electrons. The lowest BCUT2D eigenvalue weighted by Gasteiger charge is -2.12. The van der Waals surface area contributed by atoms with Gasteiger partial charge >= 0.3 is 0 Å². The maximum Gasteiger partial charge on any atom is 0.268 e. The number of aryl methyl sites for hydroxylation is 1. The van der Waals surface area contributed by atoms with Crippen LogP contribution in [0.3, 0.4) is 0 Å². The summed E-state index contributed by atoms with van der Waals surface area (Å²) >= 11 is 5.63. The van der Waals surface area contributed by atoms with Crippen molar-refractivity contribution in [3.05, 3.63) is 34.3 Å². The molecule has 0 saturated carbocycles. The van der Waals surface area contributed by atoms with E-state index >= 15 is 0 Å². The standard InChI is InChI=1S/C9H9ClF2O/c1-5-4-6(10)2-3-7(5)8(13)9(11)12/h2-4,8-9,13H,1H3. The van der Waals surface area contributed by atoms with Crippen LogP contribution in [0.1, 0.15) is 17.2 Å². The van der Waals surface area contributed by atoms with E-state index in [0.29, 0.717) is 10.6 Å². The molecule has 0 aliphatic rings. The number of hydrogen-bond acceptors (Lipinski definition) is 1. The van der Waals surface area contributed by atoms with Crippen LogP contribution in [0.15, 0.2) is 18.2 Å². The van der Waals surface area contributed by atoms with Crippen molar-refractivity contribution in [2.45, 2.75) is 19.5 Å². The third-order valence-corrected chi connectivity index (χ3v) is 2.02. The van der Waals surface area contributed by atoms with Crippen molar-refractivity contribution in [3.8, 4) is 0 Å². The molecule has 0 fully saturated rings. The predicted molar refractivity (Wildman–Crippen MR) is 47.2 cm³/mol. The molecule has 1 unspecified atom stereocenters. The number of benzene rings is 1. The van der Waals surface area contributed by atoms with Gasteiger partial charge in [0.05, 0.1) is 0 Å². The van der Waals surface area contributed by atoms with Gasteiger partial charge in [-0.2, -0.15) is 0 Å². The normalized spacial score (nSPS) is 13.4. The van der Waals surface area contributed by atoms with Crippen molar-refractivity contribution < 1.29 is 13.9 Å². The molecule has 1 atom stereocenters. The zero-order valence-electron chi connectivity index (χ0n) is 6.97. The Bertz CT molecular complexity index is 302. The summed E-state index contributed by atoms with van der Waals surface area (Å²) in [5.74, 6) is 0. The van der Waals surface area contributed by atoms with Crippen molar-refractivity contribution in [2.75, 3.05) is 0 Å². The molecule has 0 aliphatic heterocycles. The van der Waals surface area contributed by atoms with E-state index in [1.54, 1.807) is 13.0 Å². The molecule has 0 aliphatic carbocycles. The minimum atomic E-state index is -2.76. The highest BCUT2D eigenvalue weighted by atomic mass is 35.5. The smallest absolute Gasteiger partial charge is 0.268 e. The molecule has 0 amide bonds. The van der Waals surface area contributed by atoms with Crippen LogP contribution in [0.25, 0.3) is 0 Å². The van der Waals surface area contributed by atoms with Gasteiger partial charge in [0.25, 0.3) is 6.43 Å².